The Kier molecular flexibility index (Phi) is 5.28. The normalized spacial score (nSPS) is 17.7. The van der Waals surface area contributed by atoms with Gasteiger partial charge in [-0.2, -0.15) is 0 Å². The summed E-state index contributed by atoms with van der Waals surface area (Å²) in [5.74, 6) is 1.44. The highest BCUT2D eigenvalue weighted by atomic mass is 35.5. The molecule has 4 rings (SSSR count). The fraction of sp³-hybridized carbons (Fsp3) is 0.364. The second kappa shape index (κ2) is 7.83. The quantitative estimate of drug-likeness (QED) is 0.605. The molecule has 0 unspecified atom stereocenters. The van der Waals surface area contributed by atoms with Crippen molar-refractivity contribution in [2.75, 3.05) is 32.7 Å². The first-order valence-electron chi connectivity index (χ1n) is 9.62. The zero-order chi connectivity index (χ0) is 18.8. The SMILES string of the molecule is N=C(c1ccc(Cl)cc1)c1ccccc1C(=N)N1CCN(CC2CC2)CC1. The van der Waals surface area contributed by atoms with Crippen LogP contribution in [0.15, 0.2) is 48.5 Å². The van der Waals surface area contributed by atoms with E-state index in [1.165, 1.54) is 19.4 Å². The van der Waals surface area contributed by atoms with Crippen molar-refractivity contribution in [3.8, 4) is 0 Å². The van der Waals surface area contributed by atoms with Crippen LogP contribution < -0.4 is 0 Å². The van der Waals surface area contributed by atoms with Crippen LogP contribution in [0.1, 0.15) is 29.5 Å². The predicted molar refractivity (Wildman–Crippen MR) is 111 cm³/mol. The largest absolute Gasteiger partial charge is 0.354 e. The van der Waals surface area contributed by atoms with Crippen LogP contribution in [0.5, 0.6) is 0 Å². The zero-order valence-corrected chi connectivity index (χ0v) is 16.2. The van der Waals surface area contributed by atoms with Crippen LogP contribution in [0, 0.1) is 16.7 Å². The number of benzene rings is 2. The third-order valence-corrected chi connectivity index (χ3v) is 5.74. The molecule has 5 heteroatoms. The molecule has 2 fully saturated rings. The highest BCUT2D eigenvalue weighted by molar-refractivity contribution is 6.30. The van der Waals surface area contributed by atoms with Crippen molar-refractivity contribution in [1.82, 2.24) is 9.80 Å². The maximum absolute atomic E-state index is 8.76. The van der Waals surface area contributed by atoms with E-state index in [0.29, 0.717) is 16.6 Å². The maximum Gasteiger partial charge on any atom is 0.128 e. The molecule has 2 aromatic carbocycles. The lowest BCUT2D eigenvalue weighted by Crippen LogP contribution is -2.49. The van der Waals surface area contributed by atoms with Gasteiger partial charge >= 0.3 is 0 Å². The number of piperazine rings is 1. The van der Waals surface area contributed by atoms with Crippen LogP contribution in [0.25, 0.3) is 0 Å². The fourth-order valence-electron chi connectivity index (χ4n) is 3.67. The second-order valence-electron chi connectivity index (χ2n) is 7.51. The van der Waals surface area contributed by atoms with Crippen LogP contribution >= 0.6 is 11.6 Å². The monoisotopic (exact) mass is 380 g/mol. The van der Waals surface area contributed by atoms with Gasteiger partial charge in [0.05, 0.1) is 5.71 Å². The Labute approximate surface area is 165 Å². The van der Waals surface area contributed by atoms with E-state index in [4.69, 9.17) is 22.4 Å². The molecule has 0 atom stereocenters. The topological polar surface area (TPSA) is 54.2 Å². The van der Waals surface area contributed by atoms with Crippen molar-refractivity contribution in [3.05, 3.63) is 70.2 Å². The third kappa shape index (κ3) is 4.23. The number of nitrogens with zero attached hydrogens (tertiary/aromatic N) is 2. The van der Waals surface area contributed by atoms with Crippen LogP contribution in [0.3, 0.4) is 0 Å². The van der Waals surface area contributed by atoms with E-state index in [1.54, 1.807) is 12.1 Å². The first kappa shape index (κ1) is 18.2. The predicted octanol–water partition coefficient (Wildman–Crippen LogP) is 4.11. The van der Waals surface area contributed by atoms with Crippen molar-refractivity contribution in [2.45, 2.75) is 12.8 Å². The molecule has 0 amide bonds. The molecule has 1 heterocycles. The van der Waals surface area contributed by atoms with Gasteiger partial charge in [0.25, 0.3) is 0 Å². The Morgan fingerprint density at radius 1 is 0.889 bits per heavy atom. The summed E-state index contributed by atoms with van der Waals surface area (Å²) in [5.41, 5.74) is 2.87. The van der Waals surface area contributed by atoms with E-state index in [2.05, 4.69) is 9.80 Å². The van der Waals surface area contributed by atoms with Crippen LogP contribution in [-0.4, -0.2) is 54.1 Å². The average molecular weight is 381 g/mol. The molecule has 27 heavy (non-hydrogen) atoms. The molecule has 140 valence electrons. The number of hydrogen-bond donors (Lipinski definition) is 2. The van der Waals surface area contributed by atoms with Crippen molar-refractivity contribution < 1.29 is 0 Å². The van der Waals surface area contributed by atoms with Crippen LogP contribution in [0.2, 0.25) is 5.02 Å². The molecule has 1 aliphatic heterocycles. The summed E-state index contributed by atoms with van der Waals surface area (Å²) in [6, 6.07) is 15.1. The number of nitrogens with one attached hydrogen (secondary N) is 2. The minimum Gasteiger partial charge on any atom is -0.354 e. The summed E-state index contributed by atoms with van der Waals surface area (Å²) in [7, 11) is 0. The summed E-state index contributed by atoms with van der Waals surface area (Å²) in [6.45, 7) is 5.03. The van der Waals surface area contributed by atoms with Gasteiger partial charge in [-0.15, -0.1) is 0 Å². The molecule has 4 nitrogen and oxygen atoms in total. The lowest BCUT2D eigenvalue weighted by atomic mass is 9.96. The highest BCUT2D eigenvalue weighted by Gasteiger charge is 2.27. The Morgan fingerprint density at radius 3 is 2.15 bits per heavy atom. The minimum absolute atomic E-state index is 0.430. The van der Waals surface area contributed by atoms with Gasteiger partial charge in [0.2, 0.25) is 0 Å². The Hall–Kier alpha value is -2.17. The van der Waals surface area contributed by atoms with E-state index in [-0.39, 0.29) is 0 Å². The lowest BCUT2D eigenvalue weighted by molar-refractivity contribution is 0.176. The molecule has 0 aromatic heterocycles. The van der Waals surface area contributed by atoms with E-state index in [1.807, 2.05) is 36.4 Å². The zero-order valence-electron chi connectivity index (χ0n) is 15.4. The van der Waals surface area contributed by atoms with Gasteiger partial charge in [0.15, 0.2) is 0 Å². The molecule has 2 aromatic rings. The van der Waals surface area contributed by atoms with E-state index >= 15 is 0 Å². The Morgan fingerprint density at radius 2 is 1.52 bits per heavy atom. The molecule has 2 aliphatic rings. The van der Waals surface area contributed by atoms with Gasteiger partial charge in [-0.05, 0) is 30.9 Å². The third-order valence-electron chi connectivity index (χ3n) is 5.49. The lowest BCUT2D eigenvalue weighted by Gasteiger charge is -2.36. The smallest absolute Gasteiger partial charge is 0.128 e. The number of hydrogen-bond acceptors (Lipinski definition) is 3. The first-order chi connectivity index (χ1) is 13.1. The van der Waals surface area contributed by atoms with Gasteiger partial charge in [0, 0.05) is 54.4 Å². The standard InChI is InChI=1S/C22H25ClN4/c23-18-9-7-17(8-10-18)21(24)19-3-1-2-4-20(19)22(25)27-13-11-26(12-14-27)15-16-5-6-16/h1-4,7-10,16,24-25H,5-6,11-15H2. The fourth-order valence-corrected chi connectivity index (χ4v) is 3.80. The van der Waals surface area contributed by atoms with E-state index < -0.39 is 0 Å². The van der Waals surface area contributed by atoms with Gasteiger partial charge in [0.1, 0.15) is 5.84 Å². The van der Waals surface area contributed by atoms with Gasteiger partial charge in [-0.1, -0.05) is 48.0 Å². The number of halogens is 1. The Balaban J connectivity index is 1.49. The average Bonchev–Trinajstić information content (AvgIpc) is 3.52. The molecule has 0 spiro atoms. The van der Waals surface area contributed by atoms with Crippen molar-refractivity contribution in [2.24, 2.45) is 5.92 Å². The second-order valence-corrected chi connectivity index (χ2v) is 7.94. The van der Waals surface area contributed by atoms with Crippen molar-refractivity contribution >= 4 is 23.1 Å². The van der Waals surface area contributed by atoms with Crippen molar-refractivity contribution in [3.63, 3.8) is 0 Å². The molecule has 1 saturated heterocycles. The highest BCUT2D eigenvalue weighted by Crippen LogP contribution is 2.30. The number of rotatable bonds is 5. The Bertz CT molecular complexity index is 834. The maximum atomic E-state index is 8.76. The first-order valence-corrected chi connectivity index (χ1v) is 10.00. The molecule has 0 bridgehead atoms. The van der Waals surface area contributed by atoms with Crippen LogP contribution in [0.4, 0.5) is 0 Å². The van der Waals surface area contributed by atoms with Gasteiger partial charge in [-0.25, -0.2) is 0 Å². The van der Waals surface area contributed by atoms with E-state index in [9.17, 15) is 0 Å². The number of amidine groups is 1. The summed E-state index contributed by atoms with van der Waals surface area (Å²) in [6.07, 6.45) is 2.77. The molecular weight excluding hydrogens is 356 g/mol. The molecule has 1 saturated carbocycles. The van der Waals surface area contributed by atoms with Gasteiger partial charge in [-0.3, -0.25) is 15.7 Å². The summed E-state index contributed by atoms with van der Waals surface area (Å²) in [5, 5.41) is 18.1. The van der Waals surface area contributed by atoms with Crippen LogP contribution in [-0.2, 0) is 0 Å². The summed E-state index contributed by atoms with van der Waals surface area (Å²) in [4.78, 5) is 4.68. The van der Waals surface area contributed by atoms with Gasteiger partial charge < -0.3 is 4.90 Å². The summed E-state index contributed by atoms with van der Waals surface area (Å²) < 4.78 is 0. The van der Waals surface area contributed by atoms with Crippen molar-refractivity contribution in [1.29, 1.82) is 10.8 Å². The molecule has 2 N–H and O–H groups in total. The molecule has 1 aliphatic carbocycles. The minimum atomic E-state index is 0.430. The molecule has 0 radical (unpaired) electrons. The van der Waals surface area contributed by atoms with E-state index in [0.717, 1.165) is 48.8 Å². The molecular formula is C22H25ClN4. The summed E-state index contributed by atoms with van der Waals surface area (Å²) >= 11 is 5.98.